The fraction of sp³-hybridized carbons (Fsp3) is 0.444. The summed E-state index contributed by atoms with van der Waals surface area (Å²) in [6, 6.07) is 8.33. The molecule has 6 nitrogen and oxygen atoms in total. The van der Waals surface area contributed by atoms with Gasteiger partial charge in [-0.05, 0) is 56.2 Å². The molecule has 2 aromatic carbocycles. The molecule has 0 bridgehead atoms. The molecular weight excluding hydrogens is 467 g/mol. The Morgan fingerprint density at radius 2 is 1.64 bits per heavy atom. The molecule has 0 unspecified atom stereocenters. The van der Waals surface area contributed by atoms with Crippen molar-refractivity contribution in [1.82, 2.24) is 4.90 Å². The highest BCUT2D eigenvalue weighted by molar-refractivity contribution is 6.32. The molecule has 2 aromatic rings. The summed E-state index contributed by atoms with van der Waals surface area (Å²) >= 11 is 0. The summed E-state index contributed by atoms with van der Waals surface area (Å²) in [6.45, 7) is 6.51. The van der Waals surface area contributed by atoms with Crippen molar-refractivity contribution < 1.29 is 32.6 Å². The maximum absolute atomic E-state index is 15.0. The number of ether oxygens (including phenoxy) is 2. The molecule has 1 amide bonds. The minimum atomic E-state index is -3.31. The largest absolute Gasteiger partial charge is 0.456 e. The van der Waals surface area contributed by atoms with Crippen LogP contribution in [0.25, 0.3) is 11.1 Å². The lowest BCUT2D eigenvalue weighted by atomic mass is 9.91. The van der Waals surface area contributed by atoms with Crippen LogP contribution in [-0.4, -0.2) is 55.9 Å². The van der Waals surface area contributed by atoms with Crippen molar-refractivity contribution in [2.24, 2.45) is 5.41 Å². The lowest BCUT2D eigenvalue weighted by molar-refractivity contribution is -0.143. The zero-order valence-electron chi connectivity index (χ0n) is 20.8. The molecule has 9 heteroatoms. The number of hydrogen-bond acceptors (Lipinski definition) is 5. The van der Waals surface area contributed by atoms with Crippen molar-refractivity contribution in [2.45, 2.75) is 52.1 Å². The average molecular weight is 495 g/mol. The number of alkyl halides is 2. The zero-order valence-corrected chi connectivity index (χ0v) is 20.8. The third kappa shape index (κ3) is 5.45. The molecule has 4 rings (SSSR count). The van der Waals surface area contributed by atoms with Crippen molar-refractivity contribution in [2.75, 3.05) is 19.7 Å². The predicted octanol–water partition coefficient (Wildman–Crippen LogP) is 4.36. The first-order valence-corrected chi connectivity index (χ1v) is 11.8. The Labute approximate surface area is 210 Å². The molecule has 0 aromatic heterocycles. The van der Waals surface area contributed by atoms with E-state index in [4.69, 9.17) is 17.3 Å². The Hall–Kier alpha value is -3.23. The Morgan fingerprint density at radius 3 is 2.25 bits per heavy atom. The topological polar surface area (TPSA) is 72.9 Å². The van der Waals surface area contributed by atoms with Crippen molar-refractivity contribution in [1.29, 1.82) is 0 Å². The van der Waals surface area contributed by atoms with Gasteiger partial charge in [0, 0.05) is 23.2 Å². The monoisotopic (exact) mass is 495 g/mol. The number of benzene rings is 2. The standard InChI is InChI=1S/C27H28BF2NO5/c1-25(2,3)36-24(34)31(15-26(4)9-10-26)13-23(33)35-14-22(32)16-5-7-18-19-8-6-17(28)12-21(19)27(29,30)20(18)11-16/h5-8,11-12H,9-10,13-15H2,1-4H3. The van der Waals surface area contributed by atoms with Crippen LogP contribution in [-0.2, 0) is 20.2 Å². The van der Waals surface area contributed by atoms with Crippen LogP contribution >= 0.6 is 0 Å². The van der Waals surface area contributed by atoms with Crippen LogP contribution < -0.4 is 5.46 Å². The van der Waals surface area contributed by atoms with E-state index in [1.54, 1.807) is 26.8 Å². The second-order valence-electron chi connectivity index (χ2n) is 10.9. The summed E-state index contributed by atoms with van der Waals surface area (Å²) in [4.78, 5) is 39.0. The number of Topliss-reactive ketones (excluding diaryl/α,β-unsaturated/α-hetero) is 1. The first-order valence-electron chi connectivity index (χ1n) is 11.8. The van der Waals surface area contributed by atoms with E-state index in [0.29, 0.717) is 17.7 Å². The molecule has 0 atom stereocenters. The fourth-order valence-electron chi connectivity index (χ4n) is 4.19. The van der Waals surface area contributed by atoms with Crippen molar-refractivity contribution in [3.8, 4) is 11.1 Å². The third-order valence-corrected chi connectivity index (χ3v) is 6.36. The maximum atomic E-state index is 15.0. The Kier molecular flexibility index (Phi) is 6.48. The normalized spacial score (nSPS) is 16.5. The minimum Gasteiger partial charge on any atom is -0.456 e. The average Bonchev–Trinajstić information content (AvgIpc) is 3.47. The number of rotatable bonds is 7. The SMILES string of the molecule is [B]c1ccc2c(c1)C(F)(F)c1cc(C(=O)COC(=O)CN(CC3(C)CC3)C(=O)OC(C)(C)C)ccc1-2. The van der Waals surface area contributed by atoms with Crippen LogP contribution in [0, 0.1) is 5.41 Å². The molecule has 0 saturated heterocycles. The molecule has 2 aliphatic carbocycles. The van der Waals surface area contributed by atoms with Gasteiger partial charge in [0.2, 0.25) is 0 Å². The third-order valence-electron chi connectivity index (χ3n) is 6.36. The van der Waals surface area contributed by atoms with Gasteiger partial charge in [-0.3, -0.25) is 14.5 Å². The van der Waals surface area contributed by atoms with E-state index in [0.717, 1.165) is 18.9 Å². The number of carbonyl (C=O) groups is 3. The first kappa shape index (κ1) is 25.9. The molecule has 0 heterocycles. The Balaban J connectivity index is 1.42. The van der Waals surface area contributed by atoms with Gasteiger partial charge >= 0.3 is 12.1 Å². The van der Waals surface area contributed by atoms with E-state index < -0.39 is 36.0 Å². The van der Waals surface area contributed by atoms with Crippen LogP contribution in [0.4, 0.5) is 13.6 Å². The molecule has 1 saturated carbocycles. The number of nitrogens with zero attached hydrogens (tertiary/aromatic N) is 1. The van der Waals surface area contributed by atoms with Gasteiger partial charge in [0.1, 0.15) is 20.0 Å². The second-order valence-corrected chi connectivity index (χ2v) is 10.9. The zero-order chi connectivity index (χ0) is 26.5. The van der Waals surface area contributed by atoms with Gasteiger partial charge in [0.05, 0.1) is 0 Å². The van der Waals surface area contributed by atoms with Crippen molar-refractivity contribution >= 4 is 31.2 Å². The summed E-state index contributed by atoms with van der Waals surface area (Å²) in [7, 11) is 5.68. The van der Waals surface area contributed by atoms with E-state index in [9.17, 15) is 14.4 Å². The highest BCUT2D eigenvalue weighted by Gasteiger charge is 2.45. The van der Waals surface area contributed by atoms with E-state index >= 15 is 8.78 Å². The van der Waals surface area contributed by atoms with Crippen LogP contribution in [0.15, 0.2) is 36.4 Å². The molecule has 36 heavy (non-hydrogen) atoms. The number of esters is 1. The van der Waals surface area contributed by atoms with E-state index in [-0.39, 0.29) is 34.1 Å². The van der Waals surface area contributed by atoms with E-state index in [2.05, 4.69) is 0 Å². The Morgan fingerprint density at radius 1 is 1.03 bits per heavy atom. The van der Waals surface area contributed by atoms with E-state index in [1.807, 2.05) is 6.92 Å². The number of ketones is 1. The highest BCUT2D eigenvalue weighted by Crippen LogP contribution is 2.50. The van der Waals surface area contributed by atoms with Crippen LogP contribution in [0.1, 0.15) is 62.0 Å². The van der Waals surface area contributed by atoms with Crippen LogP contribution in [0.3, 0.4) is 0 Å². The number of hydrogen-bond donors (Lipinski definition) is 0. The van der Waals surface area contributed by atoms with Gasteiger partial charge < -0.3 is 9.47 Å². The summed E-state index contributed by atoms with van der Waals surface area (Å²) in [5, 5.41) is 0. The summed E-state index contributed by atoms with van der Waals surface area (Å²) in [5.74, 6) is -4.72. The van der Waals surface area contributed by atoms with Crippen LogP contribution in [0.5, 0.6) is 0 Å². The number of carbonyl (C=O) groups excluding carboxylic acids is 3. The predicted molar refractivity (Wildman–Crippen MR) is 131 cm³/mol. The second kappa shape index (κ2) is 9.02. The molecule has 1 fully saturated rings. The van der Waals surface area contributed by atoms with Crippen molar-refractivity contribution in [3.05, 3.63) is 53.1 Å². The first-order chi connectivity index (χ1) is 16.7. The van der Waals surface area contributed by atoms with Gasteiger partial charge in [-0.2, -0.15) is 8.78 Å². The van der Waals surface area contributed by atoms with Crippen molar-refractivity contribution in [3.63, 3.8) is 0 Å². The van der Waals surface area contributed by atoms with Gasteiger partial charge in [-0.25, -0.2) is 4.79 Å². The fourth-order valence-corrected chi connectivity index (χ4v) is 4.19. The number of amides is 1. The highest BCUT2D eigenvalue weighted by atomic mass is 19.3. The van der Waals surface area contributed by atoms with Gasteiger partial charge in [-0.15, -0.1) is 0 Å². The lowest BCUT2D eigenvalue weighted by Gasteiger charge is -2.28. The number of halogens is 2. The number of fused-ring (bicyclic) bond motifs is 3. The van der Waals surface area contributed by atoms with Gasteiger partial charge in [0.25, 0.3) is 5.92 Å². The quantitative estimate of drug-likeness (QED) is 0.324. The summed E-state index contributed by atoms with van der Waals surface area (Å²) in [5.41, 5.74) is -0.413. The van der Waals surface area contributed by atoms with Gasteiger partial charge in [0.15, 0.2) is 12.4 Å². The smallest absolute Gasteiger partial charge is 0.410 e. The molecule has 0 aliphatic heterocycles. The minimum absolute atomic E-state index is 0.00325. The molecular formula is C27H28BF2NO5. The summed E-state index contributed by atoms with van der Waals surface area (Å²) < 4.78 is 40.6. The molecule has 0 N–H and O–H groups in total. The molecule has 0 spiro atoms. The summed E-state index contributed by atoms with van der Waals surface area (Å²) in [6.07, 6.45) is 1.22. The Bertz CT molecular complexity index is 1230. The molecule has 2 aliphatic rings. The van der Waals surface area contributed by atoms with Gasteiger partial charge in [-0.1, -0.05) is 42.7 Å². The lowest BCUT2D eigenvalue weighted by Crippen LogP contribution is -2.43. The van der Waals surface area contributed by atoms with Crippen LogP contribution in [0.2, 0.25) is 0 Å². The maximum Gasteiger partial charge on any atom is 0.410 e. The van der Waals surface area contributed by atoms with E-state index in [1.165, 1.54) is 29.2 Å². The molecule has 188 valence electrons. The molecule has 2 radical (unpaired) electrons.